The maximum absolute atomic E-state index is 11.3. The molecule has 2 nitrogen and oxygen atoms in total. The third-order valence-electron chi connectivity index (χ3n) is 2.32. The van der Waals surface area contributed by atoms with Gasteiger partial charge < -0.3 is 4.74 Å². The van der Waals surface area contributed by atoms with Crippen LogP contribution in [0.15, 0.2) is 12.2 Å². The lowest BCUT2D eigenvalue weighted by atomic mass is 10.1. The summed E-state index contributed by atoms with van der Waals surface area (Å²) in [5.41, 5.74) is 0.603. The van der Waals surface area contributed by atoms with Crippen molar-refractivity contribution in [2.75, 3.05) is 6.61 Å². The summed E-state index contributed by atoms with van der Waals surface area (Å²) in [7, 11) is 0. The van der Waals surface area contributed by atoms with Gasteiger partial charge in [-0.15, -0.1) is 0 Å². The first kappa shape index (κ1) is 14.2. The first-order valence-electron chi connectivity index (χ1n) is 6.07. The lowest BCUT2D eigenvalue weighted by molar-refractivity contribution is -0.139. The number of unbranched alkanes of at least 4 members (excludes halogenated alkanes) is 4. The van der Waals surface area contributed by atoms with Crippen LogP contribution in [0.4, 0.5) is 0 Å². The first-order chi connectivity index (χ1) is 7.22. The fourth-order valence-electron chi connectivity index (χ4n) is 1.38. The molecule has 0 aromatic heterocycles. The number of hydrogen-bond donors (Lipinski definition) is 0. The molecule has 0 aromatic carbocycles. The fourth-order valence-corrected chi connectivity index (χ4v) is 1.38. The van der Waals surface area contributed by atoms with Gasteiger partial charge >= 0.3 is 5.97 Å². The second-order valence-corrected chi connectivity index (χ2v) is 3.90. The average molecular weight is 212 g/mol. The lowest BCUT2D eigenvalue weighted by Gasteiger charge is -2.05. The van der Waals surface area contributed by atoms with Crippen LogP contribution < -0.4 is 0 Å². The largest absolute Gasteiger partial charge is 0.462 e. The summed E-state index contributed by atoms with van der Waals surface area (Å²) in [6.45, 7) is 8.47. The molecular formula is C13H24O2. The van der Waals surface area contributed by atoms with Gasteiger partial charge in [-0.05, 0) is 12.8 Å². The van der Waals surface area contributed by atoms with Gasteiger partial charge in [-0.3, -0.25) is 0 Å². The molecule has 0 fully saturated rings. The minimum Gasteiger partial charge on any atom is -0.462 e. The molecule has 0 radical (unpaired) electrons. The first-order valence-corrected chi connectivity index (χ1v) is 6.07. The molecule has 0 spiro atoms. The van der Waals surface area contributed by atoms with E-state index >= 15 is 0 Å². The summed E-state index contributed by atoms with van der Waals surface area (Å²) in [5.74, 6) is -0.215. The molecule has 0 saturated heterocycles. The third-order valence-corrected chi connectivity index (χ3v) is 2.32. The van der Waals surface area contributed by atoms with Crippen LogP contribution in [0.2, 0.25) is 0 Å². The molecule has 2 heteroatoms. The molecule has 0 rings (SSSR count). The molecular weight excluding hydrogens is 188 g/mol. The molecule has 15 heavy (non-hydrogen) atoms. The Labute approximate surface area is 93.7 Å². The average Bonchev–Trinajstić information content (AvgIpc) is 2.23. The summed E-state index contributed by atoms with van der Waals surface area (Å²) in [4.78, 5) is 11.3. The minimum absolute atomic E-state index is 0.215. The van der Waals surface area contributed by atoms with Crippen molar-refractivity contribution in [2.45, 2.75) is 58.8 Å². The van der Waals surface area contributed by atoms with Gasteiger partial charge in [-0.1, -0.05) is 52.5 Å². The standard InChI is InChI=1S/C13H24O2/c1-4-6-7-8-9-11-15-13(14)12(3)10-5-2/h3-11H2,1-2H3. The Kier molecular flexibility index (Phi) is 9.24. The SMILES string of the molecule is C=C(CCC)C(=O)OCCCCCCC. The summed E-state index contributed by atoms with van der Waals surface area (Å²) in [6.07, 6.45) is 7.58. The highest BCUT2D eigenvalue weighted by Crippen LogP contribution is 2.06. The van der Waals surface area contributed by atoms with E-state index < -0.39 is 0 Å². The second kappa shape index (κ2) is 9.75. The number of rotatable bonds is 9. The van der Waals surface area contributed by atoms with Crippen molar-refractivity contribution in [1.82, 2.24) is 0 Å². The Bertz CT molecular complexity index is 185. The van der Waals surface area contributed by atoms with Crippen LogP contribution in [0.3, 0.4) is 0 Å². The number of hydrogen-bond acceptors (Lipinski definition) is 2. The molecule has 0 bridgehead atoms. The Balaban J connectivity index is 3.35. The van der Waals surface area contributed by atoms with E-state index in [0.717, 1.165) is 25.7 Å². The molecule has 0 heterocycles. The normalized spacial score (nSPS) is 10.0. The van der Waals surface area contributed by atoms with Crippen molar-refractivity contribution in [1.29, 1.82) is 0 Å². The maximum Gasteiger partial charge on any atom is 0.333 e. The molecule has 88 valence electrons. The van der Waals surface area contributed by atoms with Gasteiger partial charge in [0.15, 0.2) is 0 Å². The molecule has 0 aliphatic carbocycles. The molecule has 0 unspecified atom stereocenters. The van der Waals surface area contributed by atoms with Crippen molar-refractivity contribution >= 4 is 5.97 Å². The maximum atomic E-state index is 11.3. The van der Waals surface area contributed by atoms with E-state index in [4.69, 9.17) is 4.74 Å². The van der Waals surface area contributed by atoms with Crippen LogP contribution >= 0.6 is 0 Å². The molecule has 0 N–H and O–H groups in total. The van der Waals surface area contributed by atoms with Crippen molar-refractivity contribution in [3.8, 4) is 0 Å². The Morgan fingerprint density at radius 2 is 1.73 bits per heavy atom. The number of carbonyl (C=O) groups is 1. The van der Waals surface area contributed by atoms with E-state index in [2.05, 4.69) is 13.5 Å². The highest BCUT2D eigenvalue weighted by molar-refractivity contribution is 5.87. The van der Waals surface area contributed by atoms with Crippen LogP contribution in [-0.4, -0.2) is 12.6 Å². The van der Waals surface area contributed by atoms with Crippen LogP contribution in [0.5, 0.6) is 0 Å². The molecule has 0 aliphatic heterocycles. The van der Waals surface area contributed by atoms with Gasteiger partial charge in [0.25, 0.3) is 0 Å². The molecule has 0 saturated carbocycles. The number of esters is 1. The summed E-state index contributed by atoms with van der Waals surface area (Å²) >= 11 is 0. The predicted molar refractivity (Wildman–Crippen MR) is 63.8 cm³/mol. The summed E-state index contributed by atoms with van der Waals surface area (Å²) in [5, 5.41) is 0. The number of ether oxygens (including phenoxy) is 1. The third kappa shape index (κ3) is 8.22. The summed E-state index contributed by atoms with van der Waals surface area (Å²) < 4.78 is 5.10. The second-order valence-electron chi connectivity index (χ2n) is 3.90. The van der Waals surface area contributed by atoms with Gasteiger partial charge in [0.1, 0.15) is 0 Å². The van der Waals surface area contributed by atoms with E-state index in [1.54, 1.807) is 0 Å². The van der Waals surface area contributed by atoms with Crippen LogP contribution in [0.1, 0.15) is 58.8 Å². The smallest absolute Gasteiger partial charge is 0.333 e. The van der Waals surface area contributed by atoms with Gasteiger partial charge in [-0.2, -0.15) is 0 Å². The van der Waals surface area contributed by atoms with E-state index in [0.29, 0.717) is 12.2 Å². The van der Waals surface area contributed by atoms with Gasteiger partial charge in [0.05, 0.1) is 6.61 Å². The monoisotopic (exact) mass is 212 g/mol. The van der Waals surface area contributed by atoms with E-state index in [-0.39, 0.29) is 5.97 Å². The minimum atomic E-state index is -0.215. The fraction of sp³-hybridized carbons (Fsp3) is 0.769. The Morgan fingerprint density at radius 1 is 1.07 bits per heavy atom. The van der Waals surface area contributed by atoms with Gasteiger partial charge in [-0.25, -0.2) is 4.79 Å². The molecule has 0 atom stereocenters. The predicted octanol–water partition coefficient (Wildman–Crippen LogP) is 3.86. The summed E-state index contributed by atoms with van der Waals surface area (Å²) in [6, 6.07) is 0. The number of carbonyl (C=O) groups excluding carboxylic acids is 1. The van der Waals surface area contributed by atoms with Gasteiger partial charge in [0, 0.05) is 5.57 Å². The van der Waals surface area contributed by atoms with Crippen molar-refractivity contribution in [3.63, 3.8) is 0 Å². The molecule has 0 aromatic rings. The van der Waals surface area contributed by atoms with Crippen LogP contribution in [0.25, 0.3) is 0 Å². The zero-order valence-corrected chi connectivity index (χ0v) is 10.2. The highest BCUT2D eigenvalue weighted by Gasteiger charge is 2.06. The highest BCUT2D eigenvalue weighted by atomic mass is 16.5. The zero-order valence-electron chi connectivity index (χ0n) is 10.2. The van der Waals surface area contributed by atoms with E-state index in [1.165, 1.54) is 19.3 Å². The van der Waals surface area contributed by atoms with Crippen molar-refractivity contribution < 1.29 is 9.53 Å². The lowest BCUT2D eigenvalue weighted by Crippen LogP contribution is -2.08. The van der Waals surface area contributed by atoms with Gasteiger partial charge in [0.2, 0.25) is 0 Å². The van der Waals surface area contributed by atoms with E-state index in [1.807, 2.05) is 6.92 Å². The molecule has 0 amide bonds. The quantitative estimate of drug-likeness (QED) is 0.329. The Hall–Kier alpha value is -0.790. The zero-order chi connectivity index (χ0) is 11.5. The van der Waals surface area contributed by atoms with E-state index in [9.17, 15) is 4.79 Å². The van der Waals surface area contributed by atoms with Crippen LogP contribution in [0, 0.1) is 0 Å². The molecule has 0 aliphatic rings. The van der Waals surface area contributed by atoms with Crippen molar-refractivity contribution in [3.05, 3.63) is 12.2 Å². The van der Waals surface area contributed by atoms with Crippen molar-refractivity contribution in [2.24, 2.45) is 0 Å². The Morgan fingerprint density at radius 3 is 2.33 bits per heavy atom. The topological polar surface area (TPSA) is 26.3 Å². The van der Waals surface area contributed by atoms with Crippen LogP contribution in [-0.2, 0) is 9.53 Å².